The minimum atomic E-state index is -0.336. The van der Waals surface area contributed by atoms with Gasteiger partial charge in [0.15, 0.2) is 5.96 Å². The van der Waals surface area contributed by atoms with Crippen LogP contribution in [0.1, 0.15) is 31.4 Å². The molecule has 9 nitrogen and oxygen atoms in total. The van der Waals surface area contributed by atoms with Crippen molar-refractivity contribution in [2.45, 2.75) is 25.8 Å². The lowest BCUT2D eigenvalue weighted by Gasteiger charge is -2.27. The number of nitrogens with one attached hydrogen (secondary N) is 3. The van der Waals surface area contributed by atoms with Gasteiger partial charge in [-0.25, -0.2) is 4.79 Å². The van der Waals surface area contributed by atoms with Crippen LogP contribution in [0.5, 0.6) is 5.75 Å². The highest BCUT2D eigenvalue weighted by atomic mass is 16.5. The Morgan fingerprint density at radius 3 is 2.53 bits per heavy atom. The topological polar surface area (TPSA) is 98.3 Å². The first kappa shape index (κ1) is 21.9. The van der Waals surface area contributed by atoms with Crippen LogP contribution in [-0.2, 0) is 4.79 Å². The third-order valence-corrected chi connectivity index (χ3v) is 5.41. The molecule has 1 unspecified atom stereocenters. The van der Waals surface area contributed by atoms with E-state index in [2.05, 4.69) is 33.0 Å². The van der Waals surface area contributed by atoms with Gasteiger partial charge < -0.3 is 20.7 Å². The summed E-state index contributed by atoms with van der Waals surface area (Å²) in [6, 6.07) is 8.05. The molecule has 2 fully saturated rings. The van der Waals surface area contributed by atoms with Crippen LogP contribution in [-0.4, -0.2) is 80.6 Å². The number of imide groups is 1. The predicted molar refractivity (Wildman–Crippen MR) is 116 cm³/mol. The summed E-state index contributed by atoms with van der Waals surface area (Å²) in [6.07, 6.45) is 2.42. The molecule has 3 rings (SSSR count). The van der Waals surface area contributed by atoms with Gasteiger partial charge in [-0.15, -0.1) is 0 Å². The number of aliphatic imine (C=N–C) groups is 1. The number of likely N-dealkylation sites (tertiary alicyclic amines) is 1. The van der Waals surface area contributed by atoms with E-state index in [0.717, 1.165) is 25.4 Å². The second kappa shape index (κ2) is 10.8. The van der Waals surface area contributed by atoms with Gasteiger partial charge in [0, 0.05) is 19.6 Å². The van der Waals surface area contributed by atoms with Gasteiger partial charge in [-0.2, -0.15) is 0 Å². The van der Waals surface area contributed by atoms with Crippen LogP contribution in [0.3, 0.4) is 0 Å². The Balaban J connectivity index is 1.64. The third-order valence-electron chi connectivity index (χ3n) is 5.41. The Labute approximate surface area is 177 Å². The summed E-state index contributed by atoms with van der Waals surface area (Å²) in [5.74, 6) is 1.33. The van der Waals surface area contributed by atoms with Crippen molar-refractivity contribution >= 4 is 17.9 Å². The monoisotopic (exact) mass is 416 g/mol. The molecule has 9 heteroatoms. The number of benzene rings is 1. The molecule has 0 bridgehead atoms. The van der Waals surface area contributed by atoms with E-state index >= 15 is 0 Å². The number of methoxy groups -OCH3 is 1. The number of carbonyl (C=O) groups excluding carboxylic acids is 2. The number of amides is 3. The molecule has 3 amide bonds. The number of rotatable bonds is 9. The molecule has 2 aliphatic heterocycles. The predicted octanol–water partition coefficient (Wildman–Crippen LogP) is 0.939. The van der Waals surface area contributed by atoms with Crippen LogP contribution in [0.4, 0.5) is 4.79 Å². The fraction of sp³-hybridized carbons (Fsp3) is 0.571. The van der Waals surface area contributed by atoms with Crippen LogP contribution in [0.2, 0.25) is 0 Å². The van der Waals surface area contributed by atoms with E-state index in [1.807, 2.05) is 19.1 Å². The normalized spacial score (nSPS) is 18.5. The smallest absolute Gasteiger partial charge is 0.324 e. The average Bonchev–Trinajstić information content (AvgIpc) is 3.40. The zero-order chi connectivity index (χ0) is 21.3. The first-order valence-electron chi connectivity index (χ1n) is 10.6. The first-order chi connectivity index (χ1) is 14.6. The van der Waals surface area contributed by atoms with E-state index in [-0.39, 0.29) is 24.5 Å². The van der Waals surface area contributed by atoms with Gasteiger partial charge in [0.25, 0.3) is 0 Å². The van der Waals surface area contributed by atoms with E-state index < -0.39 is 0 Å². The highest BCUT2D eigenvalue weighted by molar-refractivity contribution is 6.01. The van der Waals surface area contributed by atoms with E-state index in [9.17, 15) is 9.59 Å². The van der Waals surface area contributed by atoms with Gasteiger partial charge >= 0.3 is 6.03 Å². The number of hydrogen-bond acceptors (Lipinski definition) is 5. The number of ether oxygens (including phenoxy) is 1. The van der Waals surface area contributed by atoms with Crippen LogP contribution in [0.25, 0.3) is 0 Å². The van der Waals surface area contributed by atoms with Crippen LogP contribution >= 0.6 is 0 Å². The van der Waals surface area contributed by atoms with Gasteiger partial charge in [0.2, 0.25) is 5.91 Å². The molecule has 0 aromatic heterocycles. The molecule has 1 aromatic rings. The zero-order valence-electron chi connectivity index (χ0n) is 17.8. The summed E-state index contributed by atoms with van der Waals surface area (Å²) in [4.78, 5) is 31.9. The molecular weight excluding hydrogens is 384 g/mol. The molecule has 0 radical (unpaired) electrons. The molecular formula is C21H32N6O3. The van der Waals surface area contributed by atoms with Crippen molar-refractivity contribution in [3.63, 3.8) is 0 Å². The van der Waals surface area contributed by atoms with Crippen molar-refractivity contribution < 1.29 is 14.3 Å². The molecule has 1 aromatic carbocycles. The summed E-state index contributed by atoms with van der Waals surface area (Å²) in [7, 11) is 1.67. The second-order valence-corrected chi connectivity index (χ2v) is 7.38. The Kier molecular flexibility index (Phi) is 7.89. The summed E-state index contributed by atoms with van der Waals surface area (Å²) in [5, 5.41) is 9.00. The number of guanidine groups is 1. The molecule has 2 aliphatic rings. The van der Waals surface area contributed by atoms with Crippen molar-refractivity contribution in [3.05, 3.63) is 29.8 Å². The van der Waals surface area contributed by atoms with Gasteiger partial charge in [0.05, 0.1) is 26.2 Å². The summed E-state index contributed by atoms with van der Waals surface area (Å²) >= 11 is 0. The number of carbonyl (C=O) groups is 2. The maximum absolute atomic E-state index is 11.7. The van der Waals surface area contributed by atoms with Crippen molar-refractivity contribution in [2.75, 3.05) is 52.9 Å². The minimum Gasteiger partial charge on any atom is -0.497 e. The molecule has 164 valence electrons. The SMILES string of the molecule is CCNC(=NCC(c1ccc(OC)cc1)N1CCCC1)NCCN1C(=O)CNC1=O. The number of urea groups is 1. The van der Waals surface area contributed by atoms with Crippen LogP contribution in [0.15, 0.2) is 29.3 Å². The minimum absolute atomic E-state index is 0.0758. The lowest BCUT2D eigenvalue weighted by atomic mass is 10.1. The Morgan fingerprint density at radius 1 is 1.20 bits per heavy atom. The highest BCUT2D eigenvalue weighted by Gasteiger charge is 2.28. The molecule has 30 heavy (non-hydrogen) atoms. The maximum atomic E-state index is 11.7. The quantitative estimate of drug-likeness (QED) is 0.315. The third kappa shape index (κ3) is 5.63. The van der Waals surface area contributed by atoms with Crippen molar-refractivity contribution in [1.29, 1.82) is 0 Å². The average molecular weight is 417 g/mol. The van der Waals surface area contributed by atoms with Crippen LogP contribution in [0, 0.1) is 0 Å². The molecule has 0 aliphatic carbocycles. The van der Waals surface area contributed by atoms with Gasteiger partial charge in [-0.05, 0) is 50.6 Å². The Morgan fingerprint density at radius 2 is 1.93 bits per heavy atom. The molecule has 0 spiro atoms. The standard InChI is InChI=1S/C21H32N6O3/c1-3-22-20(23-10-13-27-19(28)15-25-21(27)29)24-14-18(26-11-4-5-12-26)16-6-8-17(30-2)9-7-16/h6-9,18H,3-5,10-15H2,1-2H3,(H,25,29)(H2,22,23,24). The summed E-state index contributed by atoms with van der Waals surface area (Å²) in [6.45, 7) is 6.33. The highest BCUT2D eigenvalue weighted by Crippen LogP contribution is 2.27. The van der Waals surface area contributed by atoms with E-state index in [0.29, 0.717) is 25.6 Å². The Hall–Kier alpha value is -2.81. The fourth-order valence-electron chi connectivity index (χ4n) is 3.80. The van der Waals surface area contributed by atoms with Crippen molar-refractivity contribution in [3.8, 4) is 5.75 Å². The van der Waals surface area contributed by atoms with Gasteiger partial charge in [-0.3, -0.25) is 19.6 Å². The fourth-order valence-corrected chi connectivity index (χ4v) is 3.80. The Bertz CT molecular complexity index is 730. The lowest BCUT2D eigenvalue weighted by Crippen LogP contribution is -2.43. The number of hydrogen-bond donors (Lipinski definition) is 3. The van der Waals surface area contributed by atoms with Gasteiger partial charge in [-0.1, -0.05) is 12.1 Å². The summed E-state index contributed by atoms with van der Waals surface area (Å²) in [5.41, 5.74) is 1.22. The molecule has 2 saturated heterocycles. The first-order valence-corrected chi connectivity index (χ1v) is 10.6. The maximum Gasteiger partial charge on any atom is 0.324 e. The van der Waals surface area contributed by atoms with Crippen molar-refractivity contribution in [2.24, 2.45) is 4.99 Å². The zero-order valence-corrected chi connectivity index (χ0v) is 17.8. The van der Waals surface area contributed by atoms with Gasteiger partial charge in [0.1, 0.15) is 5.75 Å². The van der Waals surface area contributed by atoms with E-state index in [1.54, 1.807) is 7.11 Å². The van der Waals surface area contributed by atoms with Crippen LogP contribution < -0.4 is 20.7 Å². The molecule has 1 atom stereocenters. The molecule has 0 saturated carbocycles. The second-order valence-electron chi connectivity index (χ2n) is 7.38. The largest absolute Gasteiger partial charge is 0.497 e. The molecule has 2 heterocycles. The lowest BCUT2D eigenvalue weighted by molar-refractivity contribution is -0.124. The van der Waals surface area contributed by atoms with Crippen molar-refractivity contribution in [1.82, 2.24) is 25.8 Å². The van der Waals surface area contributed by atoms with E-state index in [1.165, 1.54) is 23.3 Å². The number of nitrogens with zero attached hydrogens (tertiary/aromatic N) is 3. The van der Waals surface area contributed by atoms with E-state index in [4.69, 9.17) is 9.73 Å². The summed E-state index contributed by atoms with van der Waals surface area (Å²) < 4.78 is 5.29. The molecule has 3 N–H and O–H groups in total.